The Hall–Kier alpha value is -5.02. The molecule has 0 aliphatic rings. The molecule has 0 aliphatic carbocycles. The number of hydrogen-bond acceptors (Lipinski definition) is 8. The molecule has 4 rings (SSSR count). The molecule has 0 bridgehead atoms. The van der Waals surface area contributed by atoms with Gasteiger partial charge in [-0.3, -0.25) is 14.9 Å². The second-order valence-corrected chi connectivity index (χ2v) is 8.66. The van der Waals surface area contributed by atoms with Crippen LogP contribution >= 0.6 is 11.6 Å². The van der Waals surface area contributed by atoms with Crippen LogP contribution in [-0.4, -0.2) is 29.3 Å². The molecule has 0 radical (unpaired) electrons. The summed E-state index contributed by atoms with van der Waals surface area (Å²) in [6.45, 7) is 1.37. The average molecular weight is 546 g/mol. The predicted molar refractivity (Wildman–Crippen MR) is 142 cm³/mol. The van der Waals surface area contributed by atoms with E-state index in [4.69, 9.17) is 25.8 Å². The Balaban J connectivity index is 1.35. The number of carbonyl (C=O) groups is 3. The number of halogens is 1. The average Bonchev–Trinajstić information content (AvgIpc) is 2.93. The molecule has 9 nitrogen and oxygen atoms in total. The van der Waals surface area contributed by atoms with E-state index >= 15 is 0 Å². The molecule has 0 unspecified atom stereocenters. The standard InChI is InChI=1S/C29H20ClNO8/c1-18-8-10-20(11-9-18)29(34)39-22-14-12-19(13-15-22)26(32)17-37-28(33)21-4-2-5-23(16-21)38-27-24(30)6-3-7-25(27)31(35)36/h2-16H,17H2,1H3. The zero-order chi connectivity index (χ0) is 27.9. The van der Waals surface area contributed by atoms with Crippen molar-refractivity contribution in [2.24, 2.45) is 0 Å². The number of nitrogens with zero attached hydrogens (tertiary/aromatic N) is 1. The largest absolute Gasteiger partial charge is 0.454 e. The van der Waals surface area contributed by atoms with Crippen LogP contribution in [0.15, 0.2) is 91.0 Å². The molecule has 0 N–H and O–H groups in total. The third-order valence-electron chi connectivity index (χ3n) is 5.44. The Morgan fingerprint density at radius 3 is 2.15 bits per heavy atom. The second-order valence-electron chi connectivity index (χ2n) is 8.25. The normalized spacial score (nSPS) is 10.4. The van der Waals surface area contributed by atoms with E-state index in [1.54, 1.807) is 24.3 Å². The Morgan fingerprint density at radius 1 is 0.795 bits per heavy atom. The molecular formula is C29H20ClNO8. The molecule has 196 valence electrons. The van der Waals surface area contributed by atoms with Gasteiger partial charge in [0.05, 0.1) is 21.1 Å². The third kappa shape index (κ3) is 6.85. The monoisotopic (exact) mass is 545 g/mol. The highest BCUT2D eigenvalue weighted by molar-refractivity contribution is 6.32. The number of ether oxygens (including phenoxy) is 3. The van der Waals surface area contributed by atoms with Gasteiger partial charge in [-0.2, -0.15) is 0 Å². The molecule has 10 heteroatoms. The Labute approximate surface area is 227 Å². The predicted octanol–water partition coefficient (Wildman–Crippen LogP) is 6.61. The van der Waals surface area contributed by atoms with Crippen molar-refractivity contribution in [1.29, 1.82) is 0 Å². The van der Waals surface area contributed by atoms with Gasteiger partial charge >= 0.3 is 17.6 Å². The van der Waals surface area contributed by atoms with E-state index in [0.717, 1.165) is 5.56 Å². The molecule has 4 aromatic rings. The number of hydrogen-bond donors (Lipinski definition) is 0. The van der Waals surface area contributed by atoms with Crippen molar-refractivity contribution in [2.45, 2.75) is 6.92 Å². The lowest BCUT2D eigenvalue weighted by Crippen LogP contribution is -2.14. The topological polar surface area (TPSA) is 122 Å². The van der Waals surface area contributed by atoms with Crippen LogP contribution in [0, 0.1) is 17.0 Å². The minimum absolute atomic E-state index is 0.0266. The minimum Gasteiger partial charge on any atom is -0.454 e. The van der Waals surface area contributed by atoms with Gasteiger partial charge < -0.3 is 14.2 Å². The van der Waals surface area contributed by atoms with E-state index in [1.165, 1.54) is 66.7 Å². The quantitative estimate of drug-likeness (QED) is 0.0757. The van der Waals surface area contributed by atoms with Crippen molar-refractivity contribution in [1.82, 2.24) is 0 Å². The number of aryl methyl sites for hydroxylation is 1. The van der Waals surface area contributed by atoms with Crippen LogP contribution in [0.4, 0.5) is 5.69 Å². The van der Waals surface area contributed by atoms with E-state index < -0.39 is 29.3 Å². The van der Waals surface area contributed by atoms with Crippen LogP contribution < -0.4 is 9.47 Å². The highest BCUT2D eigenvalue weighted by Gasteiger charge is 2.20. The van der Waals surface area contributed by atoms with Crippen molar-refractivity contribution >= 4 is 35.0 Å². The Morgan fingerprint density at radius 2 is 1.46 bits per heavy atom. The van der Waals surface area contributed by atoms with Gasteiger partial charge in [0.2, 0.25) is 5.75 Å². The summed E-state index contributed by atoms with van der Waals surface area (Å²) >= 11 is 6.05. The number of para-hydroxylation sites is 1. The summed E-state index contributed by atoms with van der Waals surface area (Å²) in [6, 6.07) is 22.6. The number of carbonyl (C=O) groups excluding carboxylic acids is 3. The Bertz CT molecular complexity index is 1550. The Kier molecular flexibility index (Phi) is 8.33. The number of Topliss-reactive ketones (excluding diaryl/α,β-unsaturated/α-hetero) is 1. The molecule has 0 aromatic heterocycles. The molecular weight excluding hydrogens is 526 g/mol. The van der Waals surface area contributed by atoms with Gasteiger partial charge in [-0.05, 0) is 67.6 Å². The lowest BCUT2D eigenvalue weighted by molar-refractivity contribution is -0.385. The van der Waals surface area contributed by atoms with Crippen molar-refractivity contribution in [3.63, 3.8) is 0 Å². The van der Waals surface area contributed by atoms with Gasteiger partial charge in [-0.25, -0.2) is 9.59 Å². The summed E-state index contributed by atoms with van der Waals surface area (Å²) in [5, 5.41) is 11.3. The van der Waals surface area contributed by atoms with E-state index in [2.05, 4.69) is 0 Å². The zero-order valence-electron chi connectivity index (χ0n) is 20.5. The van der Waals surface area contributed by atoms with Crippen molar-refractivity contribution in [3.05, 3.63) is 128 Å². The van der Waals surface area contributed by atoms with Gasteiger partial charge in [0.1, 0.15) is 11.5 Å². The lowest BCUT2D eigenvalue weighted by Gasteiger charge is -2.10. The van der Waals surface area contributed by atoms with Crippen LogP contribution in [0.3, 0.4) is 0 Å². The maximum Gasteiger partial charge on any atom is 0.343 e. The van der Waals surface area contributed by atoms with Gasteiger partial charge in [0.15, 0.2) is 12.4 Å². The summed E-state index contributed by atoms with van der Waals surface area (Å²) in [5.74, 6) is -1.60. The number of ketones is 1. The van der Waals surface area contributed by atoms with Gasteiger partial charge in [-0.1, -0.05) is 41.4 Å². The number of esters is 2. The fraction of sp³-hybridized carbons (Fsp3) is 0.0690. The summed E-state index contributed by atoms with van der Waals surface area (Å²) in [5.41, 5.74) is 1.39. The van der Waals surface area contributed by atoms with E-state index in [1.807, 2.05) is 6.92 Å². The van der Waals surface area contributed by atoms with Crippen molar-refractivity contribution in [2.75, 3.05) is 6.61 Å². The molecule has 39 heavy (non-hydrogen) atoms. The van der Waals surface area contributed by atoms with Crippen LogP contribution in [0.1, 0.15) is 36.6 Å². The van der Waals surface area contributed by atoms with Crippen molar-refractivity contribution in [3.8, 4) is 17.2 Å². The second kappa shape index (κ2) is 12.0. The molecule has 0 atom stereocenters. The van der Waals surface area contributed by atoms with E-state index in [9.17, 15) is 24.5 Å². The molecule has 0 saturated heterocycles. The van der Waals surface area contributed by atoms with Crippen LogP contribution in [-0.2, 0) is 4.74 Å². The van der Waals surface area contributed by atoms with Gasteiger partial charge in [0, 0.05) is 11.6 Å². The first-order valence-corrected chi connectivity index (χ1v) is 11.9. The first kappa shape index (κ1) is 27.0. The first-order valence-electron chi connectivity index (χ1n) is 11.5. The molecule has 0 fully saturated rings. The zero-order valence-corrected chi connectivity index (χ0v) is 21.2. The van der Waals surface area contributed by atoms with E-state index in [-0.39, 0.29) is 39.1 Å². The highest BCUT2D eigenvalue weighted by atomic mass is 35.5. The van der Waals surface area contributed by atoms with E-state index in [0.29, 0.717) is 5.56 Å². The smallest absolute Gasteiger partial charge is 0.343 e. The molecule has 0 amide bonds. The molecule has 0 aliphatic heterocycles. The highest BCUT2D eigenvalue weighted by Crippen LogP contribution is 2.37. The molecule has 0 heterocycles. The molecule has 4 aromatic carbocycles. The maximum absolute atomic E-state index is 12.5. The fourth-order valence-electron chi connectivity index (χ4n) is 3.41. The van der Waals surface area contributed by atoms with Crippen molar-refractivity contribution < 1.29 is 33.5 Å². The minimum atomic E-state index is -0.800. The lowest BCUT2D eigenvalue weighted by atomic mass is 10.1. The van der Waals surface area contributed by atoms with Gasteiger partial charge in [0.25, 0.3) is 0 Å². The molecule has 0 saturated carbocycles. The number of nitro groups is 1. The first-order chi connectivity index (χ1) is 18.7. The summed E-state index contributed by atoms with van der Waals surface area (Å²) in [6.07, 6.45) is 0. The number of nitro benzene ring substituents is 1. The van der Waals surface area contributed by atoms with Crippen LogP contribution in [0.5, 0.6) is 17.2 Å². The fourth-order valence-corrected chi connectivity index (χ4v) is 3.62. The SMILES string of the molecule is Cc1ccc(C(=O)Oc2ccc(C(=O)COC(=O)c3cccc(Oc4c(Cl)cccc4[N+](=O)[O-])c3)cc2)cc1. The molecule has 0 spiro atoms. The maximum atomic E-state index is 12.5. The van der Waals surface area contributed by atoms with Crippen LogP contribution in [0.2, 0.25) is 5.02 Å². The summed E-state index contributed by atoms with van der Waals surface area (Å²) in [7, 11) is 0. The van der Waals surface area contributed by atoms with Gasteiger partial charge in [-0.15, -0.1) is 0 Å². The van der Waals surface area contributed by atoms with Crippen LogP contribution in [0.25, 0.3) is 0 Å². The number of benzene rings is 4. The third-order valence-corrected chi connectivity index (χ3v) is 5.74. The number of rotatable bonds is 9. The summed E-state index contributed by atoms with van der Waals surface area (Å²) < 4.78 is 16.0. The summed E-state index contributed by atoms with van der Waals surface area (Å²) in [4.78, 5) is 48.0.